The lowest BCUT2D eigenvalue weighted by atomic mass is 10.1. The maximum absolute atomic E-state index is 13.2. The van der Waals surface area contributed by atoms with Crippen molar-refractivity contribution in [3.8, 4) is 11.5 Å². The molecular formula is C23H24N6O8S. The van der Waals surface area contributed by atoms with Crippen molar-refractivity contribution in [3.63, 3.8) is 0 Å². The van der Waals surface area contributed by atoms with E-state index in [-0.39, 0.29) is 34.2 Å². The van der Waals surface area contributed by atoms with E-state index >= 15 is 0 Å². The highest BCUT2D eigenvalue weighted by Gasteiger charge is 2.25. The minimum absolute atomic E-state index is 0.0113. The Morgan fingerprint density at radius 3 is 2.55 bits per heavy atom. The van der Waals surface area contributed by atoms with Gasteiger partial charge in [0.15, 0.2) is 11.4 Å². The number of nitrogens with one attached hydrogen (secondary N) is 2. The van der Waals surface area contributed by atoms with Gasteiger partial charge >= 0.3 is 6.09 Å². The van der Waals surface area contributed by atoms with Gasteiger partial charge in [0, 0.05) is 24.4 Å². The van der Waals surface area contributed by atoms with E-state index in [0.717, 1.165) is 5.56 Å². The first-order valence-electron chi connectivity index (χ1n) is 11.0. The molecule has 0 spiro atoms. The van der Waals surface area contributed by atoms with Gasteiger partial charge < -0.3 is 29.8 Å². The van der Waals surface area contributed by atoms with Crippen molar-refractivity contribution in [1.82, 2.24) is 20.3 Å². The van der Waals surface area contributed by atoms with E-state index in [4.69, 9.17) is 24.5 Å². The highest BCUT2D eigenvalue weighted by molar-refractivity contribution is 7.92. The third-order valence-corrected chi connectivity index (χ3v) is 6.78. The number of fused-ring (bicyclic) bond motifs is 1. The van der Waals surface area contributed by atoms with Crippen LogP contribution in [0.2, 0.25) is 0 Å². The van der Waals surface area contributed by atoms with Crippen LogP contribution >= 0.6 is 0 Å². The number of anilines is 1. The van der Waals surface area contributed by atoms with Crippen molar-refractivity contribution in [2.45, 2.75) is 18.0 Å². The van der Waals surface area contributed by atoms with Crippen LogP contribution in [-0.4, -0.2) is 56.6 Å². The lowest BCUT2D eigenvalue weighted by Gasteiger charge is -2.12. The number of carbonyl (C=O) groups is 2. The average molecular weight is 545 g/mol. The number of amides is 2. The first-order chi connectivity index (χ1) is 18.1. The monoisotopic (exact) mass is 544 g/mol. The molecule has 2 aromatic heterocycles. The second-order valence-electron chi connectivity index (χ2n) is 7.91. The minimum atomic E-state index is -4.20. The Kier molecular flexibility index (Phi) is 7.38. The first-order valence-corrected chi connectivity index (χ1v) is 12.5. The maximum Gasteiger partial charge on any atom is 0.404 e. The molecule has 4 aromatic rings. The average Bonchev–Trinajstić information content (AvgIpc) is 3.52. The van der Waals surface area contributed by atoms with Gasteiger partial charge in [-0.3, -0.25) is 14.2 Å². The molecule has 0 bridgehead atoms. The van der Waals surface area contributed by atoms with Crippen LogP contribution < -0.4 is 25.2 Å². The lowest BCUT2D eigenvalue weighted by Crippen LogP contribution is -2.19. The number of rotatable bonds is 10. The van der Waals surface area contributed by atoms with E-state index in [1.54, 1.807) is 23.0 Å². The first kappa shape index (κ1) is 26.3. The number of nitrogens with two attached hydrogens (primary N) is 1. The van der Waals surface area contributed by atoms with E-state index < -0.39 is 22.0 Å². The van der Waals surface area contributed by atoms with Gasteiger partial charge in [-0.15, -0.1) is 0 Å². The molecule has 200 valence electrons. The Bertz CT molecular complexity index is 1610. The molecule has 38 heavy (non-hydrogen) atoms. The summed E-state index contributed by atoms with van der Waals surface area (Å²) in [4.78, 5) is 22.5. The maximum atomic E-state index is 13.2. The number of hydrogen-bond acceptors (Lipinski definition) is 10. The molecule has 2 aromatic carbocycles. The molecule has 0 aliphatic rings. The number of ether oxygens (including phenoxy) is 3. The number of hydrogen-bond donors (Lipinski definition) is 3. The van der Waals surface area contributed by atoms with Crippen LogP contribution in [-0.2, 0) is 27.9 Å². The second kappa shape index (κ2) is 10.7. The standard InChI is InChI=1S/C23H24N6O8S/c1-25-22(30)15-4-5-19(16(8-15)34-2)38(32,33)28-21-20-17(35-3)6-13(7-18(20)37-27-21)10-29-11-14(9-26-29)12-36-23(24)31/h4-9,11H,10,12H2,1-3H3,(H2,24,31)(H,25,30)(H,27,28). The molecule has 2 amide bonds. The largest absolute Gasteiger partial charge is 0.496 e. The smallest absolute Gasteiger partial charge is 0.404 e. The summed E-state index contributed by atoms with van der Waals surface area (Å²) in [5, 5.41) is 10.9. The fourth-order valence-electron chi connectivity index (χ4n) is 3.68. The third kappa shape index (κ3) is 5.46. The predicted octanol–water partition coefficient (Wildman–Crippen LogP) is 1.85. The molecule has 4 rings (SSSR count). The van der Waals surface area contributed by atoms with Crippen molar-refractivity contribution in [1.29, 1.82) is 0 Å². The van der Waals surface area contributed by atoms with Gasteiger partial charge in [0.25, 0.3) is 15.9 Å². The van der Waals surface area contributed by atoms with Crippen molar-refractivity contribution >= 4 is 38.8 Å². The molecule has 0 radical (unpaired) electrons. The molecule has 0 unspecified atom stereocenters. The summed E-state index contributed by atoms with van der Waals surface area (Å²) >= 11 is 0. The molecule has 4 N–H and O–H groups in total. The van der Waals surface area contributed by atoms with Crippen molar-refractivity contribution in [2.24, 2.45) is 5.73 Å². The fourth-order valence-corrected chi connectivity index (χ4v) is 4.84. The lowest BCUT2D eigenvalue weighted by molar-refractivity contribution is 0.0962. The van der Waals surface area contributed by atoms with Crippen LogP contribution in [0.25, 0.3) is 11.0 Å². The molecule has 0 aliphatic carbocycles. The zero-order chi connectivity index (χ0) is 27.4. The van der Waals surface area contributed by atoms with Crippen LogP contribution in [0.1, 0.15) is 21.5 Å². The Morgan fingerprint density at radius 1 is 1.11 bits per heavy atom. The van der Waals surface area contributed by atoms with Crippen molar-refractivity contribution in [2.75, 3.05) is 26.0 Å². The molecule has 0 fully saturated rings. The van der Waals surface area contributed by atoms with Gasteiger partial charge in [0.1, 0.15) is 28.4 Å². The number of methoxy groups -OCH3 is 2. The molecule has 2 heterocycles. The van der Waals surface area contributed by atoms with Gasteiger partial charge in [-0.2, -0.15) is 5.10 Å². The van der Waals surface area contributed by atoms with E-state index in [0.29, 0.717) is 23.2 Å². The third-order valence-electron chi connectivity index (χ3n) is 5.40. The zero-order valence-corrected chi connectivity index (χ0v) is 21.4. The topological polar surface area (TPSA) is 190 Å². The molecule has 0 saturated carbocycles. The number of primary amides is 1. The molecule has 0 aliphatic heterocycles. The number of sulfonamides is 1. The quantitative estimate of drug-likeness (QED) is 0.265. The van der Waals surface area contributed by atoms with E-state index in [9.17, 15) is 18.0 Å². The van der Waals surface area contributed by atoms with Gasteiger partial charge in [-0.05, 0) is 35.9 Å². The molecular weight excluding hydrogens is 520 g/mol. The van der Waals surface area contributed by atoms with E-state index in [2.05, 4.69) is 20.3 Å². The molecule has 14 nitrogen and oxygen atoms in total. The van der Waals surface area contributed by atoms with Crippen LogP contribution in [0.5, 0.6) is 11.5 Å². The van der Waals surface area contributed by atoms with Gasteiger partial charge in [0.2, 0.25) is 0 Å². The summed E-state index contributed by atoms with van der Waals surface area (Å²) in [6, 6.07) is 7.31. The Hall–Kier alpha value is -4.79. The summed E-state index contributed by atoms with van der Waals surface area (Å²) in [5.74, 6) is -0.206. The number of nitrogens with zero attached hydrogens (tertiary/aromatic N) is 3. The SMILES string of the molecule is CNC(=O)c1ccc(S(=O)(=O)Nc2noc3cc(Cn4cc(COC(N)=O)cn4)cc(OC)c23)c(OC)c1. The number of aromatic nitrogens is 3. The summed E-state index contributed by atoms with van der Waals surface area (Å²) in [6.07, 6.45) is 2.33. The highest BCUT2D eigenvalue weighted by Crippen LogP contribution is 2.36. The summed E-state index contributed by atoms with van der Waals surface area (Å²) in [5.41, 5.74) is 6.85. The molecule has 15 heteroatoms. The molecule has 0 saturated heterocycles. The van der Waals surface area contributed by atoms with Gasteiger partial charge in [0.05, 0.1) is 27.0 Å². The second-order valence-corrected chi connectivity index (χ2v) is 9.56. The van der Waals surface area contributed by atoms with Crippen LogP contribution in [0, 0.1) is 0 Å². The van der Waals surface area contributed by atoms with Crippen LogP contribution in [0.4, 0.5) is 10.6 Å². The number of benzene rings is 2. The van der Waals surface area contributed by atoms with Gasteiger partial charge in [-0.1, -0.05) is 5.16 Å². The summed E-state index contributed by atoms with van der Waals surface area (Å²) in [6.45, 7) is 0.294. The van der Waals surface area contributed by atoms with Crippen LogP contribution in [0.15, 0.2) is 52.1 Å². The fraction of sp³-hybridized carbons (Fsp3) is 0.217. The highest BCUT2D eigenvalue weighted by atomic mass is 32.2. The molecule has 0 atom stereocenters. The normalized spacial score (nSPS) is 11.2. The van der Waals surface area contributed by atoms with Crippen molar-refractivity contribution < 1.29 is 36.7 Å². The Labute approximate surface area is 216 Å². The van der Waals surface area contributed by atoms with Crippen LogP contribution in [0.3, 0.4) is 0 Å². The number of carbonyl (C=O) groups excluding carboxylic acids is 2. The summed E-state index contributed by atoms with van der Waals surface area (Å²) in [7, 11) is -0.0160. The Morgan fingerprint density at radius 2 is 1.87 bits per heavy atom. The predicted molar refractivity (Wildman–Crippen MR) is 133 cm³/mol. The minimum Gasteiger partial charge on any atom is -0.496 e. The summed E-state index contributed by atoms with van der Waals surface area (Å²) < 4.78 is 51.3. The van der Waals surface area contributed by atoms with Crippen molar-refractivity contribution in [3.05, 3.63) is 59.4 Å². The van der Waals surface area contributed by atoms with Gasteiger partial charge in [-0.25, -0.2) is 13.2 Å². The Balaban J connectivity index is 1.62. The van der Waals surface area contributed by atoms with E-state index in [1.165, 1.54) is 45.7 Å². The zero-order valence-electron chi connectivity index (χ0n) is 20.5. The van der Waals surface area contributed by atoms with E-state index in [1.807, 2.05) is 0 Å².